The third-order valence-corrected chi connectivity index (χ3v) is 12.3. The van der Waals surface area contributed by atoms with Gasteiger partial charge in [-0.2, -0.15) is 0 Å². The Labute approximate surface area is 267 Å². The van der Waals surface area contributed by atoms with Crippen LogP contribution in [0, 0.1) is 0 Å². The molecule has 9 aromatic rings. The number of hydrogen-bond donors (Lipinski definition) is 0. The summed E-state index contributed by atoms with van der Waals surface area (Å²) in [6.07, 6.45) is 0. The lowest BCUT2D eigenvalue weighted by molar-refractivity contribution is 0.592. The van der Waals surface area contributed by atoms with E-state index in [1.165, 1.54) is 21.5 Å². The van der Waals surface area contributed by atoms with Crippen LogP contribution in [0.25, 0.3) is 55.0 Å². The van der Waals surface area contributed by atoms with Gasteiger partial charge < -0.3 is 13.7 Å². The molecular weight excluding hydrogens is 579 g/mol. The fourth-order valence-corrected chi connectivity index (χ4v) is 9.73. The van der Waals surface area contributed by atoms with Gasteiger partial charge in [-0.05, 0) is 72.8 Å². The van der Waals surface area contributed by atoms with Gasteiger partial charge in [-0.3, -0.25) is 0 Å². The molecule has 0 aliphatic heterocycles. The van der Waals surface area contributed by atoms with Crippen molar-refractivity contribution in [2.24, 2.45) is 0 Å². The third kappa shape index (κ3) is 3.96. The number of rotatable bonds is 5. The van der Waals surface area contributed by atoms with E-state index in [4.69, 9.17) is 0 Å². The van der Waals surface area contributed by atoms with Crippen molar-refractivity contribution in [1.82, 2.24) is 9.13 Å². The molecule has 7 aromatic carbocycles. The van der Waals surface area contributed by atoms with Crippen LogP contribution in [0.5, 0.6) is 0 Å². The van der Waals surface area contributed by atoms with Gasteiger partial charge in [0.1, 0.15) is 0 Å². The lowest BCUT2D eigenvalue weighted by atomic mass is 10.2. The molecule has 3 nitrogen and oxygen atoms in total. The lowest BCUT2D eigenvalue weighted by Crippen LogP contribution is -2.25. The molecule has 0 unspecified atom stereocenters. The number of para-hydroxylation sites is 4. The van der Waals surface area contributed by atoms with Gasteiger partial charge in [0.15, 0.2) is 7.14 Å². The second kappa shape index (κ2) is 10.5. The van der Waals surface area contributed by atoms with E-state index >= 15 is 4.57 Å². The molecule has 0 radical (unpaired) electrons. The van der Waals surface area contributed by atoms with E-state index in [0.717, 1.165) is 49.4 Å². The van der Waals surface area contributed by atoms with Gasteiger partial charge in [-0.1, -0.05) is 103 Å². The van der Waals surface area contributed by atoms with Gasteiger partial charge in [0.2, 0.25) is 0 Å². The Morgan fingerprint density at radius 3 is 0.935 bits per heavy atom. The maximum Gasteiger partial charge on any atom is 0.171 e. The predicted molar refractivity (Wildman–Crippen MR) is 195 cm³/mol. The highest BCUT2D eigenvalue weighted by atomic mass is 31.2. The summed E-state index contributed by atoms with van der Waals surface area (Å²) >= 11 is 0. The maximum absolute atomic E-state index is 15.4. The molecule has 9 rings (SSSR count). The van der Waals surface area contributed by atoms with Crippen LogP contribution in [0.3, 0.4) is 0 Å². The molecule has 0 aliphatic carbocycles. The molecule has 0 saturated carbocycles. The second-order valence-corrected chi connectivity index (χ2v) is 14.5. The zero-order chi connectivity index (χ0) is 30.7. The van der Waals surface area contributed by atoms with E-state index in [-0.39, 0.29) is 0 Å². The van der Waals surface area contributed by atoms with Crippen molar-refractivity contribution in [3.63, 3.8) is 0 Å². The number of hydrogen-bond acceptors (Lipinski definition) is 1. The highest BCUT2D eigenvalue weighted by molar-refractivity contribution is 7.85. The quantitative estimate of drug-likeness (QED) is 0.179. The van der Waals surface area contributed by atoms with Crippen LogP contribution in [0.1, 0.15) is 0 Å². The van der Waals surface area contributed by atoms with E-state index < -0.39 is 7.14 Å². The Morgan fingerprint density at radius 2 is 0.587 bits per heavy atom. The Bertz CT molecular complexity index is 2330. The van der Waals surface area contributed by atoms with Crippen molar-refractivity contribution >= 4 is 66.7 Å². The molecule has 0 aliphatic rings. The first-order chi connectivity index (χ1) is 22.7. The Hall–Kier alpha value is -5.63. The van der Waals surface area contributed by atoms with Gasteiger partial charge >= 0.3 is 0 Å². The summed E-state index contributed by atoms with van der Waals surface area (Å²) in [6.45, 7) is 0. The third-order valence-electron chi connectivity index (χ3n) is 9.22. The van der Waals surface area contributed by atoms with Crippen LogP contribution < -0.4 is 15.9 Å². The van der Waals surface area contributed by atoms with Crippen molar-refractivity contribution in [3.05, 3.63) is 176 Å². The molecule has 218 valence electrons. The zero-order valence-corrected chi connectivity index (χ0v) is 25.9. The molecule has 46 heavy (non-hydrogen) atoms. The number of fused-ring (bicyclic) bond motifs is 6. The van der Waals surface area contributed by atoms with Crippen molar-refractivity contribution in [1.29, 1.82) is 0 Å². The molecule has 4 heteroatoms. The van der Waals surface area contributed by atoms with Crippen LogP contribution in [-0.4, -0.2) is 9.13 Å². The summed E-state index contributed by atoms with van der Waals surface area (Å²) in [5.41, 5.74) is 6.71. The van der Waals surface area contributed by atoms with Crippen LogP contribution >= 0.6 is 7.14 Å². The molecule has 0 bridgehead atoms. The Balaban J connectivity index is 1.18. The van der Waals surface area contributed by atoms with E-state index in [1.807, 2.05) is 54.6 Å². The van der Waals surface area contributed by atoms with Crippen molar-refractivity contribution < 1.29 is 4.57 Å². The number of aromatic nitrogens is 2. The van der Waals surface area contributed by atoms with Crippen LogP contribution in [0.2, 0.25) is 0 Å². The lowest BCUT2D eigenvalue weighted by Gasteiger charge is -2.21. The van der Waals surface area contributed by atoms with E-state index in [2.05, 4.69) is 130 Å². The first kappa shape index (κ1) is 26.7. The molecule has 0 atom stereocenters. The van der Waals surface area contributed by atoms with Crippen molar-refractivity contribution in [3.8, 4) is 11.4 Å². The summed E-state index contributed by atoms with van der Waals surface area (Å²) in [4.78, 5) is 0. The average molecular weight is 609 g/mol. The Morgan fingerprint density at radius 1 is 0.304 bits per heavy atom. The van der Waals surface area contributed by atoms with Gasteiger partial charge in [-0.25, -0.2) is 0 Å². The molecule has 2 heterocycles. The van der Waals surface area contributed by atoms with Gasteiger partial charge in [0, 0.05) is 48.8 Å². The normalized spacial score (nSPS) is 12.0. The minimum atomic E-state index is -3.18. The van der Waals surface area contributed by atoms with Crippen LogP contribution in [-0.2, 0) is 4.57 Å². The summed E-state index contributed by atoms with van der Waals surface area (Å²) in [5, 5.41) is 7.34. The monoisotopic (exact) mass is 608 g/mol. The SMILES string of the molecule is O=P(c1ccccc1)(c1ccc(-n2c3ccccc3c3ccccc32)cc1)c1ccc(-n2c3ccccc3c3ccccc32)cc1. The zero-order valence-electron chi connectivity index (χ0n) is 25.0. The van der Waals surface area contributed by atoms with Gasteiger partial charge in [0.25, 0.3) is 0 Å². The topological polar surface area (TPSA) is 26.9 Å². The predicted octanol–water partition coefficient (Wildman–Crippen LogP) is 9.52. The molecule has 2 aromatic heterocycles. The van der Waals surface area contributed by atoms with Crippen molar-refractivity contribution in [2.45, 2.75) is 0 Å². The summed E-state index contributed by atoms with van der Waals surface area (Å²) in [5.74, 6) is 0. The fraction of sp³-hybridized carbons (Fsp3) is 0. The first-order valence-corrected chi connectivity index (χ1v) is 17.3. The number of nitrogens with zero attached hydrogens (tertiary/aromatic N) is 2. The molecule has 0 fully saturated rings. The minimum Gasteiger partial charge on any atom is -0.309 e. The molecule has 0 N–H and O–H groups in total. The van der Waals surface area contributed by atoms with Crippen molar-refractivity contribution in [2.75, 3.05) is 0 Å². The highest BCUT2D eigenvalue weighted by Crippen LogP contribution is 2.43. The fourth-order valence-electron chi connectivity index (χ4n) is 7.11. The van der Waals surface area contributed by atoms with Crippen LogP contribution in [0.15, 0.2) is 176 Å². The molecule has 0 saturated heterocycles. The average Bonchev–Trinajstić information content (AvgIpc) is 3.65. The standard InChI is InChI=1S/C42H29N2OP/c45-46(32-12-2-1-3-13-32,33-26-22-30(23-27-33)43-39-18-8-4-14-35(39)36-15-5-9-19-40(36)43)34-28-24-31(25-29-34)44-41-20-10-6-16-37(41)38-17-7-11-21-42(38)44/h1-29H. The Kier molecular flexibility index (Phi) is 6.09. The van der Waals surface area contributed by atoms with E-state index in [9.17, 15) is 0 Å². The maximum atomic E-state index is 15.4. The molecule has 0 spiro atoms. The minimum absolute atomic E-state index is 0.813. The van der Waals surface area contributed by atoms with Gasteiger partial charge in [-0.15, -0.1) is 0 Å². The second-order valence-electron chi connectivity index (χ2n) is 11.7. The van der Waals surface area contributed by atoms with Crippen LogP contribution in [0.4, 0.5) is 0 Å². The first-order valence-electron chi connectivity index (χ1n) is 15.6. The summed E-state index contributed by atoms with van der Waals surface area (Å²) < 4.78 is 20.0. The smallest absolute Gasteiger partial charge is 0.171 e. The summed E-state index contributed by atoms with van der Waals surface area (Å²) in [6, 6.07) is 60.6. The van der Waals surface area contributed by atoms with E-state index in [0.29, 0.717) is 0 Å². The highest BCUT2D eigenvalue weighted by Gasteiger charge is 2.30. The molecular formula is C42H29N2OP. The number of benzene rings is 7. The van der Waals surface area contributed by atoms with Gasteiger partial charge in [0.05, 0.1) is 22.1 Å². The van der Waals surface area contributed by atoms with E-state index in [1.54, 1.807) is 0 Å². The largest absolute Gasteiger partial charge is 0.309 e. The summed E-state index contributed by atoms with van der Waals surface area (Å²) in [7, 11) is -3.18. The molecule has 0 amide bonds.